The van der Waals surface area contributed by atoms with Gasteiger partial charge in [-0.05, 0) is 56.3 Å². The van der Waals surface area contributed by atoms with Gasteiger partial charge in [-0.15, -0.1) is 0 Å². The van der Waals surface area contributed by atoms with Crippen LogP contribution in [0.4, 0.5) is 0 Å². The van der Waals surface area contributed by atoms with Gasteiger partial charge >= 0.3 is 0 Å². The number of likely N-dealkylation sites (tertiary alicyclic amines) is 1. The summed E-state index contributed by atoms with van der Waals surface area (Å²) in [6, 6.07) is 10.9. The first-order valence-corrected chi connectivity index (χ1v) is 7.39. The molecule has 1 aromatic carbocycles. The van der Waals surface area contributed by atoms with E-state index in [2.05, 4.69) is 40.5 Å². The second kappa shape index (κ2) is 5.85. The van der Waals surface area contributed by atoms with Crippen LogP contribution in [-0.2, 0) is 6.54 Å². The number of rotatable bonds is 2. The van der Waals surface area contributed by atoms with Crippen molar-refractivity contribution in [2.45, 2.75) is 25.8 Å². The highest BCUT2D eigenvalue weighted by molar-refractivity contribution is 5.14. The highest BCUT2D eigenvalue weighted by Gasteiger charge is 2.29. The van der Waals surface area contributed by atoms with Gasteiger partial charge in [-0.3, -0.25) is 4.90 Å². The maximum atomic E-state index is 3.59. The van der Waals surface area contributed by atoms with Gasteiger partial charge in [-0.25, -0.2) is 0 Å². The molecule has 0 bridgehead atoms. The number of nitrogens with one attached hydrogen (secondary N) is 1. The summed E-state index contributed by atoms with van der Waals surface area (Å²) < 4.78 is 0. The van der Waals surface area contributed by atoms with Crippen molar-refractivity contribution in [3.05, 3.63) is 35.9 Å². The Hall–Kier alpha value is -0.860. The molecule has 1 N–H and O–H groups in total. The SMILES string of the molecule is c1ccc(CN2CCC3CNCCCC3C2)cc1. The largest absolute Gasteiger partial charge is 0.316 e. The normalized spacial score (nSPS) is 29.6. The molecule has 2 heterocycles. The molecule has 0 aliphatic carbocycles. The Bertz CT molecular complexity index is 363. The van der Waals surface area contributed by atoms with E-state index in [1.807, 2.05) is 0 Å². The second-order valence-corrected chi connectivity index (χ2v) is 5.88. The molecule has 98 valence electrons. The molecule has 0 spiro atoms. The lowest BCUT2D eigenvalue weighted by Gasteiger charge is -2.37. The third-order valence-electron chi connectivity index (χ3n) is 4.56. The molecule has 0 amide bonds. The van der Waals surface area contributed by atoms with E-state index in [4.69, 9.17) is 0 Å². The van der Waals surface area contributed by atoms with Gasteiger partial charge in [0.05, 0.1) is 0 Å². The zero-order chi connectivity index (χ0) is 12.2. The average molecular weight is 244 g/mol. The minimum Gasteiger partial charge on any atom is -0.316 e. The first-order chi connectivity index (χ1) is 8.92. The van der Waals surface area contributed by atoms with Crippen LogP contribution in [0, 0.1) is 11.8 Å². The van der Waals surface area contributed by atoms with Gasteiger partial charge in [0.25, 0.3) is 0 Å². The predicted octanol–water partition coefficient (Wildman–Crippen LogP) is 2.51. The topological polar surface area (TPSA) is 15.3 Å². The van der Waals surface area contributed by atoms with Crippen LogP contribution in [0.2, 0.25) is 0 Å². The van der Waals surface area contributed by atoms with Crippen LogP contribution < -0.4 is 5.32 Å². The number of hydrogen-bond acceptors (Lipinski definition) is 2. The zero-order valence-corrected chi connectivity index (χ0v) is 11.1. The summed E-state index contributed by atoms with van der Waals surface area (Å²) in [5.74, 6) is 1.86. The molecule has 2 saturated heterocycles. The smallest absolute Gasteiger partial charge is 0.0233 e. The summed E-state index contributed by atoms with van der Waals surface area (Å²) in [5.41, 5.74) is 1.46. The molecule has 0 aromatic heterocycles. The maximum absolute atomic E-state index is 3.59. The number of benzene rings is 1. The third-order valence-corrected chi connectivity index (χ3v) is 4.56. The predicted molar refractivity (Wildman–Crippen MR) is 75.4 cm³/mol. The lowest BCUT2D eigenvalue weighted by molar-refractivity contribution is 0.113. The van der Waals surface area contributed by atoms with Crippen molar-refractivity contribution in [1.82, 2.24) is 10.2 Å². The van der Waals surface area contributed by atoms with Gasteiger partial charge in [0.1, 0.15) is 0 Å². The Labute approximate surface area is 110 Å². The first kappa shape index (κ1) is 12.2. The van der Waals surface area contributed by atoms with Crippen LogP contribution in [-0.4, -0.2) is 31.1 Å². The van der Waals surface area contributed by atoms with Gasteiger partial charge in [0, 0.05) is 13.1 Å². The van der Waals surface area contributed by atoms with Crippen LogP contribution in [0.25, 0.3) is 0 Å². The molecule has 2 heteroatoms. The number of fused-ring (bicyclic) bond motifs is 1. The molecule has 2 atom stereocenters. The molecule has 0 saturated carbocycles. The van der Waals surface area contributed by atoms with Crippen molar-refractivity contribution >= 4 is 0 Å². The van der Waals surface area contributed by atoms with E-state index in [9.17, 15) is 0 Å². The Kier molecular flexibility index (Phi) is 3.96. The van der Waals surface area contributed by atoms with E-state index in [0.717, 1.165) is 18.4 Å². The van der Waals surface area contributed by atoms with Crippen molar-refractivity contribution in [2.24, 2.45) is 11.8 Å². The molecule has 2 aliphatic heterocycles. The molecule has 1 aromatic rings. The Balaban J connectivity index is 1.59. The van der Waals surface area contributed by atoms with Crippen molar-refractivity contribution in [3.8, 4) is 0 Å². The summed E-state index contributed by atoms with van der Waals surface area (Å²) in [6.07, 6.45) is 4.16. The van der Waals surface area contributed by atoms with E-state index < -0.39 is 0 Å². The van der Waals surface area contributed by atoms with Crippen LogP contribution in [0.15, 0.2) is 30.3 Å². The molecule has 2 fully saturated rings. The highest BCUT2D eigenvalue weighted by atomic mass is 15.1. The van der Waals surface area contributed by atoms with E-state index in [1.165, 1.54) is 51.0 Å². The third kappa shape index (κ3) is 2.93. The number of nitrogens with zero attached hydrogens (tertiary/aromatic N) is 1. The standard InChI is InChI=1S/C16H24N2/c1-2-5-14(6-3-1)12-18-10-8-15-11-17-9-4-7-16(15)13-18/h1-3,5-6,15-17H,4,7-13H2. The minimum atomic E-state index is 0.928. The molecular formula is C16H24N2. The fourth-order valence-corrected chi connectivity index (χ4v) is 3.51. The van der Waals surface area contributed by atoms with Crippen LogP contribution in [0.5, 0.6) is 0 Å². The van der Waals surface area contributed by atoms with Gasteiger partial charge in [-0.2, -0.15) is 0 Å². The quantitative estimate of drug-likeness (QED) is 0.860. The molecule has 18 heavy (non-hydrogen) atoms. The summed E-state index contributed by atoms with van der Waals surface area (Å²) in [4.78, 5) is 2.65. The first-order valence-electron chi connectivity index (χ1n) is 7.39. The fraction of sp³-hybridized carbons (Fsp3) is 0.625. The van der Waals surface area contributed by atoms with Gasteiger partial charge in [0.2, 0.25) is 0 Å². The number of hydrogen-bond donors (Lipinski definition) is 1. The van der Waals surface area contributed by atoms with Gasteiger partial charge in [0.15, 0.2) is 0 Å². The summed E-state index contributed by atoms with van der Waals surface area (Å²) in [5, 5.41) is 3.59. The molecule has 2 unspecified atom stereocenters. The van der Waals surface area contributed by atoms with Crippen molar-refractivity contribution in [1.29, 1.82) is 0 Å². The van der Waals surface area contributed by atoms with E-state index in [0.29, 0.717) is 0 Å². The van der Waals surface area contributed by atoms with E-state index in [1.54, 1.807) is 0 Å². The average Bonchev–Trinajstić information content (AvgIpc) is 2.64. The molecule has 2 nitrogen and oxygen atoms in total. The highest BCUT2D eigenvalue weighted by Crippen LogP contribution is 2.29. The summed E-state index contributed by atoms with van der Waals surface area (Å²) in [7, 11) is 0. The zero-order valence-electron chi connectivity index (χ0n) is 11.1. The summed E-state index contributed by atoms with van der Waals surface area (Å²) in [6.45, 7) is 6.20. The van der Waals surface area contributed by atoms with Gasteiger partial charge in [-0.1, -0.05) is 30.3 Å². The van der Waals surface area contributed by atoms with Crippen LogP contribution >= 0.6 is 0 Å². The van der Waals surface area contributed by atoms with Crippen molar-refractivity contribution < 1.29 is 0 Å². The molecular weight excluding hydrogens is 220 g/mol. The van der Waals surface area contributed by atoms with Gasteiger partial charge < -0.3 is 5.32 Å². The van der Waals surface area contributed by atoms with E-state index in [-0.39, 0.29) is 0 Å². The maximum Gasteiger partial charge on any atom is 0.0233 e. The Morgan fingerprint density at radius 1 is 1.11 bits per heavy atom. The van der Waals surface area contributed by atoms with Crippen LogP contribution in [0.3, 0.4) is 0 Å². The lowest BCUT2D eigenvalue weighted by Crippen LogP contribution is -2.41. The van der Waals surface area contributed by atoms with E-state index >= 15 is 0 Å². The summed E-state index contributed by atoms with van der Waals surface area (Å²) >= 11 is 0. The Morgan fingerprint density at radius 2 is 2.00 bits per heavy atom. The molecule has 2 aliphatic rings. The second-order valence-electron chi connectivity index (χ2n) is 5.88. The molecule has 3 rings (SSSR count). The fourth-order valence-electron chi connectivity index (χ4n) is 3.51. The Morgan fingerprint density at radius 3 is 2.89 bits per heavy atom. The minimum absolute atomic E-state index is 0.928. The lowest BCUT2D eigenvalue weighted by atomic mass is 9.83. The van der Waals surface area contributed by atoms with Crippen LogP contribution in [0.1, 0.15) is 24.8 Å². The van der Waals surface area contributed by atoms with Crippen molar-refractivity contribution in [2.75, 3.05) is 26.2 Å². The molecule has 0 radical (unpaired) electrons. The number of piperidine rings is 1. The van der Waals surface area contributed by atoms with Crippen molar-refractivity contribution in [3.63, 3.8) is 0 Å². The monoisotopic (exact) mass is 244 g/mol.